The predicted molar refractivity (Wildman–Crippen MR) is 121 cm³/mol. The molecule has 3 aromatic heterocycles. The largest absolute Gasteiger partial charge is 0.383 e. The first-order valence-corrected chi connectivity index (χ1v) is 10.4. The van der Waals surface area contributed by atoms with Crippen molar-refractivity contribution in [2.75, 3.05) is 24.1 Å². The first-order valence-electron chi connectivity index (χ1n) is 10.4. The van der Waals surface area contributed by atoms with Crippen LogP contribution in [-0.4, -0.2) is 38.7 Å². The SMILES string of the molecule is Nc1nccc2c1c(-c1ccc(C(=O)Nc3ccccn3)cc1)nn2[C@H]1CCCNC1. The lowest BCUT2D eigenvalue weighted by Crippen LogP contribution is -2.32. The third kappa shape index (κ3) is 3.73. The summed E-state index contributed by atoms with van der Waals surface area (Å²) in [5.74, 6) is 0.760. The number of piperidine rings is 1. The summed E-state index contributed by atoms with van der Waals surface area (Å²) < 4.78 is 2.07. The molecule has 0 radical (unpaired) electrons. The molecule has 1 aromatic carbocycles. The molecule has 0 aliphatic carbocycles. The van der Waals surface area contributed by atoms with E-state index in [1.165, 1.54) is 0 Å². The molecule has 1 amide bonds. The van der Waals surface area contributed by atoms with Crippen LogP contribution in [0.15, 0.2) is 60.9 Å². The molecule has 4 heterocycles. The van der Waals surface area contributed by atoms with Gasteiger partial charge >= 0.3 is 0 Å². The molecule has 4 N–H and O–H groups in total. The molecule has 31 heavy (non-hydrogen) atoms. The highest BCUT2D eigenvalue weighted by atomic mass is 16.1. The van der Waals surface area contributed by atoms with Crippen LogP contribution < -0.4 is 16.4 Å². The summed E-state index contributed by atoms with van der Waals surface area (Å²) in [7, 11) is 0. The van der Waals surface area contributed by atoms with Gasteiger partial charge in [-0.05, 0) is 49.7 Å². The smallest absolute Gasteiger partial charge is 0.256 e. The van der Waals surface area contributed by atoms with Gasteiger partial charge in [-0.1, -0.05) is 18.2 Å². The Morgan fingerprint density at radius 2 is 1.97 bits per heavy atom. The lowest BCUT2D eigenvalue weighted by Gasteiger charge is -2.23. The number of amides is 1. The Hall–Kier alpha value is -3.78. The minimum Gasteiger partial charge on any atom is -0.383 e. The lowest BCUT2D eigenvalue weighted by molar-refractivity contribution is 0.102. The molecule has 1 fully saturated rings. The minimum absolute atomic E-state index is 0.213. The van der Waals surface area contributed by atoms with Crippen molar-refractivity contribution in [1.82, 2.24) is 25.1 Å². The lowest BCUT2D eigenvalue weighted by atomic mass is 10.1. The number of nitrogens with zero attached hydrogens (tertiary/aromatic N) is 4. The van der Waals surface area contributed by atoms with E-state index in [4.69, 9.17) is 10.8 Å². The number of aromatic nitrogens is 4. The van der Waals surface area contributed by atoms with Crippen molar-refractivity contribution in [3.63, 3.8) is 0 Å². The molecule has 0 bridgehead atoms. The molecule has 0 spiro atoms. The molecule has 5 rings (SSSR count). The van der Waals surface area contributed by atoms with Gasteiger partial charge in [0, 0.05) is 30.1 Å². The summed E-state index contributed by atoms with van der Waals surface area (Å²) in [6.07, 6.45) is 5.54. The fourth-order valence-corrected chi connectivity index (χ4v) is 4.04. The predicted octanol–water partition coefficient (Wildman–Crippen LogP) is 3.25. The van der Waals surface area contributed by atoms with Crippen LogP contribution in [0, 0.1) is 0 Å². The van der Waals surface area contributed by atoms with Gasteiger partial charge in [-0.2, -0.15) is 5.10 Å². The van der Waals surface area contributed by atoms with Gasteiger partial charge < -0.3 is 16.4 Å². The normalized spacial score (nSPS) is 16.3. The van der Waals surface area contributed by atoms with Crippen LogP contribution in [0.2, 0.25) is 0 Å². The van der Waals surface area contributed by atoms with Gasteiger partial charge in [0.2, 0.25) is 0 Å². The van der Waals surface area contributed by atoms with E-state index in [-0.39, 0.29) is 11.9 Å². The molecular formula is C23H23N7O. The van der Waals surface area contributed by atoms with Crippen molar-refractivity contribution in [2.45, 2.75) is 18.9 Å². The Labute approximate surface area is 179 Å². The van der Waals surface area contributed by atoms with Crippen LogP contribution in [0.5, 0.6) is 0 Å². The maximum absolute atomic E-state index is 12.5. The summed E-state index contributed by atoms with van der Waals surface area (Å²) in [6, 6.07) is 15.0. The van der Waals surface area contributed by atoms with Gasteiger partial charge in [0.1, 0.15) is 17.3 Å². The summed E-state index contributed by atoms with van der Waals surface area (Å²) >= 11 is 0. The van der Waals surface area contributed by atoms with Gasteiger partial charge in [0.25, 0.3) is 5.91 Å². The van der Waals surface area contributed by atoms with Crippen LogP contribution in [-0.2, 0) is 0 Å². The number of carbonyl (C=O) groups excluding carboxylic acids is 1. The number of fused-ring (bicyclic) bond motifs is 1. The van der Waals surface area contributed by atoms with Crippen LogP contribution in [0.3, 0.4) is 0 Å². The van der Waals surface area contributed by atoms with Crippen molar-refractivity contribution in [1.29, 1.82) is 0 Å². The number of anilines is 2. The number of benzene rings is 1. The van der Waals surface area contributed by atoms with E-state index >= 15 is 0 Å². The number of carbonyl (C=O) groups is 1. The monoisotopic (exact) mass is 413 g/mol. The maximum atomic E-state index is 12.5. The Balaban J connectivity index is 1.48. The summed E-state index contributed by atoms with van der Waals surface area (Å²) in [4.78, 5) is 20.9. The molecule has 0 saturated carbocycles. The molecule has 1 atom stereocenters. The average molecular weight is 413 g/mol. The number of hydrogen-bond donors (Lipinski definition) is 3. The molecule has 4 aromatic rings. The van der Waals surface area contributed by atoms with Gasteiger partial charge in [-0.15, -0.1) is 0 Å². The maximum Gasteiger partial charge on any atom is 0.256 e. The van der Waals surface area contributed by atoms with E-state index in [1.54, 1.807) is 36.7 Å². The Morgan fingerprint density at radius 1 is 1.10 bits per heavy atom. The number of nitrogens with two attached hydrogens (primary N) is 1. The molecular weight excluding hydrogens is 390 g/mol. The van der Waals surface area contributed by atoms with Crippen molar-refractivity contribution in [3.8, 4) is 11.3 Å². The van der Waals surface area contributed by atoms with Gasteiger partial charge in [-0.3, -0.25) is 9.48 Å². The second kappa shape index (κ2) is 8.16. The molecule has 1 aliphatic rings. The second-order valence-electron chi connectivity index (χ2n) is 7.63. The van der Waals surface area contributed by atoms with Crippen molar-refractivity contribution >= 4 is 28.4 Å². The minimum atomic E-state index is -0.213. The molecule has 1 saturated heterocycles. The third-order valence-electron chi connectivity index (χ3n) is 5.59. The van der Waals surface area contributed by atoms with Crippen molar-refractivity contribution in [2.24, 2.45) is 0 Å². The van der Waals surface area contributed by atoms with Crippen LogP contribution in [0.1, 0.15) is 29.2 Å². The summed E-state index contributed by atoms with van der Waals surface area (Å²) in [5, 5.41) is 12.0. The number of rotatable bonds is 4. The number of hydrogen-bond acceptors (Lipinski definition) is 6. The van der Waals surface area contributed by atoms with Gasteiger partial charge in [0.05, 0.1) is 16.9 Å². The van der Waals surface area contributed by atoms with E-state index in [9.17, 15) is 4.79 Å². The number of nitrogens with one attached hydrogen (secondary N) is 2. The Bertz CT molecular complexity index is 1210. The van der Waals surface area contributed by atoms with Crippen LogP contribution in [0.4, 0.5) is 11.6 Å². The highest BCUT2D eigenvalue weighted by Crippen LogP contribution is 2.34. The van der Waals surface area contributed by atoms with Gasteiger partial charge in [0.15, 0.2) is 0 Å². The van der Waals surface area contributed by atoms with Crippen LogP contribution in [0.25, 0.3) is 22.2 Å². The van der Waals surface area contributed by atoms with Crippen molar-refractivity contribution in [3.05, 3.63) is 66.5 Å². The zero-order valence-corrected chi connectivity index (χ0v) is 17.0. The molecule has 8 nitrogen and oxygen atoms in total. The highest BCUT2D eigenvalue weighted by Gasteiger charge is 2.22. The molecule has 8 heteroatoms. The fourth-order valence-electron chi connectivity index (χ4n) is 4.04. The van der Waals surface area contributed by atoms with Gasteiger partial charge in [-0.25, -0.2) is 9.97 Å². The third-order valence-corrected chi connectivity index (χ3v) is 5.59. The standard InChI is InChI=1S/C23H23N7O/c24-22-20-18(10-13-27-22)30(17-4-3-11-25-14-17)29-21(20)15-6-8-16(9-7-15)23(31)28-19-5-1-2-12-26-19/h1-2,5-10,12-13,17,25H,3-4,11,14H2,(H2,24,27)(H,26,28,31)/t17-/m0/s1. The van der Waals surface area contributed by atoms with E-state index in [0.29, 0.717) is 17.2 Å². The highest BCUT2D eigenvalue weighted by molar-refractivity contribution is 6.05. The Kier molecular flexibility index (Phi) is 5.05. The fraction of sp³-hybridized carbons (Fsp3) is 0.217. The first-order chi connectivity index (χ1) is 15.2. The van der Waals surface area contributed by atoms with E-state index in [0.717, 1.165) is 48.1 Å². The van der Waals surface area contributed by atoms with E-state index in [2.05, 4.69) is 25.3 Å². The molecule has 156 valence electrons. The first kappa shape index (κ1) is 19.2. The zero-order chi connectivity index (χ0) is 21.2. The summed E-state index contributed by atoms with van der Waals surface area (Å²) in [6.45, 7) is 1.92. The average Bonchev–Trinajstić information content (AvgIpc) is 3.21. The number of nitrogen functional groups attached to an aromatic ring is 1. The quantitative estimate of drug-likeness (QED) is 0.474. The topological polar surface area (TPSA) is 111 Å². The van der Waals surface area contributed by atoms with Crippen LogP contribution >= 0.6 is 0 Å². The molecule has 1 aliphatic heterocycles. The Morgan fingerprint density at radius 3 is 2.71 bits per heavy atom. The summed E-state index contributed by atoms with van der Waals surface area (Å²) in [5.41, 5.74) is 9.44. The zero-order valence-electron chi connectivity index (χ0n) is 17.0. The van der Waals surface area contributed by atoms with E-state index in [1.807, 2.05) is 24.3 Å². The second-order valence-corrected chi connectivity index (χ2v) is 7.63. The number of pyridine rings is 2. The molecule has 0 unspecified atom stereocenters. The van der Waals surface area contributed by atoms with Crippen molar-refractivity contribution < 1.29 is 4.79 Å². The van der Waals surface area contributed by atoms with E-state index < -0.39 is 0 Å².